The Kier molecular flexibility index (Phi) is 3.93. The molecule has 1 rings (SSSR count). The zero-order chi connectivity index (χ0) is 9.84. The molecule has 74 valence electrons. The summed E-state index contributed by atoms with van der Waals surface area (Å²) in [5.74, 6) is 0.622. The highest BCUT2D eigenvalue weighted by Gasteiger charge is 2.13. The summed E-state index contributed by atoms with van der Waals surface area (Å²) in [7, 11) is 0. The molecule has 0 bridgehead atoms. The van der Waals surface area contributed by atoms with Gasteiger partial charge in [-0.1, -0.05) is 11.3 Å². The highest BCUT2D eigenvalue weighted by molar-refractivity contribution is 7.15. The molecule has 0 saturated heterocycles. The van der Waals surface area contributed by atoms with Crippen LogP contribution in [-0.4, -0.2) is 28.7 Å². The number of halogens is 1. The lowest BCUT2D eigenvalue weighted by Crippen LogP contribution is -2.32. The third kappa shape index (κ3) is 2.81. The molecule has 5 heteroatoms. The Bertz CT molecular complexity index is 262. The van der Waals surface area contributed by atoms with Gasteiger partial charge in [0.25, 0.3) is 0 Å². The van der Waals surface area contributed by atoms with Crippen LogP contribution >= 0.6 is 22.9 Å². The Morgan fingerprint density at radius 2 is 2.15 bits per heavy atom. The quantitative estimate of drug-likeness (QED) is 0.728. The van der Waals surface area contributed by atoms with Crippen LogP contribution in [0.4, 0.5) is 5.13 Å². The van der Waals surface area contributed by atoms with Crippen molar-refractivity contribution in [3.63, 3.8) is 0 Å². The number of aryl methyl sites for hydroxylation is 1. The lowest BCUT2D eigenvalue weighted by molar-refractivity contribution is 0.698. The maximum atomic E-state index is 5.71. The van der Waals surface area contributed by atoms with Crippen LogP contribution in [0.3, 0.4) is 0 Å². The topological polar surface area (TPSA) is 29.0 Å². The van der Waals surface area contributed by atoms with Gasteiger partial charge in [0, 0.05) is 18.5 Å². The fourth-order valence-corrected chi connectivity index (χ4v) is 2.10. The average Bonchev–Trinajstić information content (AvgIpc) is 2.46. The highest BCUT2D eigenvalue weighted by Crippen LogP contribution is 2.21. The minimum Gasteiger partial charge on any atom is -0.343 e. The molecule has 0 saturated carbocycles. The van der Waals surface area contributed by atoms with Gasteiger partial charge in [0.15, 0.2) is 0 Å². The average molecular weight is 220 g/mol. The summed E-state index contributed by atoms with van der Waals surface area (Å²) in [6, 6.07) is 0.422. The number of hydrogen-bond donors (Lipinski definition) is 0. The summed E-state index contributed by atoms with van der Waals surface area (Å²) in [5, 5.41) is 10.0. The third-order valence-corrected chi connectivity index (χ3v) is 2.75. The minimum atomic E-state index is 0.422. The Labute approximate surface area is 87.7 Å². The van der Waals surface area contributed by atoms with Gasteiger partial charge in [-0.3, -0.25) is 0 Å². The van der Waals surface area contributed by atoms with Gasteiger partial charge >= 0.3 is 0 Å². The Balaban J connectivity index is 2.75. The predicted molar refractivity (Wildman–Crippen MR) is 57.8 cm³/mol. The fourth-order valence-electron chi connectivity index (χ4n) is 1.07. The summed E-state index contributed by atoms with van der Waals surface area (Å²) in [4.78, 5) is 2.16. The second kappa shape index (κ2) is 4.77. The van der Waals surface area contributed by atoms with E-state index in [0.29, 0.717) is 11.9 Å². The maximum Gasteiger partial charge on any atom is 0.208 e. The van der Waals surface area contributed by atoms with E-state index in [1.54, 1.807) is 11.3 Å². The van der Waals surface area contributed by atoms with Crippen LogP contribution in [0.2, 0.25) is 0 Å². The first-order valence-electron chi connectivity index (χ1n) is 4.28. The molecule has 0 atom stereocenters. The van der Waals surface area contributed by atoms with E-state index >= 15 is 0 Å². The summed E-state index contributed by atoms with van der Waals surface area (Å²) >= 11 is 7.32. The molecule has 13 heavy (non-hydrogen) atoms. The Morgan fingerprint density at radius 1 is 1.46 bits per heavy atom. The van der Waals surface area contributed by atoms with E-state index in [0.717, 1.165) is 16.7 Å². The Hall–Kier alpha value is -0.350. The van der Waals surface area contributed by atoms with Gasteiger partial charge in [-0.25, -0.2) is 0 Å². The molecule has 0 spiro atoms. The van der Waals surface area contributed by atoms with Gasteiger partial charge in [0.2, 0.25) is 5.13 Å². The molecule has 3 nitrogen and oxygen atoms in total. The second-order valence-corrected chi connectivity index (χ2v) is 4.62. The van der Waals surface area contributed by atoms with Gasteiger partial charge in [-0.2, -0.15) is 0 Å². The monoisotopic (exact) mass is 219 g/mol. The van der Waals surface area contributed by atoms with Crippen molar-refractivity contribution in [1.82, 2.24) is 10.2 Å². The molecule has 1 aromatic heterocycles. The largest absolute Gasteiger partial charge is 0.343 e. The van der Waals surface area contributed by atoms with Crippen molar-refractivity contribution < 1.29 is 0 Å². The van der Waals surface area contributed by atoms with Crippen molar-refractivity contribution in [3.8, 4) is 0 Å². The standard InChI is InChI=1S/C8H14ClN3S/c1-6(2)12(5-4-9)8-11-10-7(3)13-8/h6H,4-5H2,1-3H3. The van der Waals surface area contributed by atoms with Crippen molar-refractivity contribution in [2.45, 2.75) is 26.8 Å². The van der Waals surface area contributed by atoms with E-state index in [9.17, 15) is 0 Å². The van der Waals surface area contributed by atoms with Crippen molar-refractivity contribution in [2.75, 3.05) is 17.3 Å². The lowest BCUT2D eigenvalue weighted by Gasteiger charge is -2.24. The van der Waals surface area contributed by atoms with Crippen LogP contribution in [0.5, 0.6) is 0 Å². The van der Waals surface area contributed by atoms with Crippen LogP contribution in [0.1, 0.15) is 18.9 Å². The van der Waals surface area contributed by atoms with Crippen LogP contribution in [0.25, 0.3) is 0 Å². The molecule has 0 N–H and O–H groups in total. The number of anilines is 1. The summed E-state index contributed by atoms with van der Waals surface area (Å²) in [5.41, 5.74) is 0. The Morgan fingerprint density at radius 3 is 2.54 bits per heavy atom. The number of rotatable bonds is 4. The third-order valence-electron chi connectivity index (χ3n) is 1.71. The molecule has 0 radical (unpaired) electrons. The van der Waals surface area contributed by atoms with Gasteiger partial charge in [-0.15, -0.1) is 21.8 Å². The normalized spacial score (nSPS) is 10.8. The van der Waals surface area contributed by atoms with E-state index in [4.69, 9.17) is 11.6 Å². The molecule has 0 aliphatic carbocycles. The number of alkyl halides is 1. The first-order valence-corrected chi connectivity index (χ1v) is 5.63. The molecular weight excluding hydrogens is 206 g/mol. The van der Waals surface area contributed by atoms with Gasteiger partial charge < -0.3 is 4.90 Å². The number of aromatic nitrogens is 2. The van der Waals surface area contributed by atoms with Gasteiger partial charge in [-0.05, 0) is 20.8 Å². The fraction of sp³-hybridized carbons (Fsp3) is 0.750. The van der Waals surface area contributed by atoms with Crippen molar-refractivity contribution in [3.05, 3.63) is 5.01 Å². The summed E-state index contributed by atoms with van der Waals surface area (Å²) in [6.07, 6.45) is 0. The minimum absolute atomic E-state index is 0.422. The number of hydrogen-bond acceptors (Lipinski definition) is 4. The summed E-state index contributed by atoms with van der Waals surface area (Å²) in [6.45, 7) is 7.04. The molecule has 0 aliphatic heterocycles. The zero-order valence-corrected chi connectivity index (χ0v) is 9.69. The van der Waals surface area contributed by atoms with Crippen LogP contribution in [0.15, 0.2) is 0 Å². The zero-order valence-electron chi connectivity index (χ0n) is 8.12. The number of nitrogens with zero attached hydrogens (tertiary/aromatic N) is 3. The molecular formula is C8H14ClN3S. The molecule has 0 amide bonds. The van der Waals surface area contributed by atoms with Crippen LogP contribution in [0, 0.1) is 6.92 Å². The van der Waals surface area contributed by atoms with Crippen LogP contribution < -0.4 is 4.90 Å². The van der Waals surface area contributed by atoms with Gasteiger partial charge in [0.05, 0.1) is 0 Å². The first kappa shape index (κ1) is 10.7. The summed E-state index contributed by atoms with van der Waals surface area (Å²) < 4.78 is 0. The van der Waals surface area contributed by atoms with Crippen LogP contribution in [-0.2, 0) is 0 Å². The van der Waals surface area contributed by atoms with E-state index < -0.39 is 0 Å². The van der Waals surface area contributed by atoms with Crippen molar-refractivity contribution in [2.24, 2.45) is 0 Å². The SMILES string of the molecule is Cc1nnc(N(CCCl)C(C)C)s1. The molecule has 1 aromatic rings. The maximum absolute atomic E-state index is 5.71. The smallest absolute Gasteiger partial charge is 0.208 e. The lowest BCUT2D eigenvalue weighted by atomic mass is 10.3. The molecule has 1 heterocycles. The second-order valence-electron chi connectivity index (χ2n) is 3.08. The molecule has 0 aromatic carbocycles. The molecule has 0 unspecified atom stereocenters. The predicted octanol–water partition coefficient (Wildman–Crippen LogP) is 2.30. The van der Waals surface area contributed by atoms with E-state index in [2.05, 4.69) is 28.9 Å². The highest BCUT2D eigenvalue weighted by atomic mass is 35.5. The first-order chi connectivity index (χ1) is 6.15. The van der Waals surface area contributed by atoms with Gasteiger partial charge in [0.1, 0.15) is 5.01 Å². The van der Waals surface area contributed by atoms with E-state index in [1.807, 2.05) is 6.92 Å². The van der Waals surface area contributed by atoms with E-state index in [1.165, 1.54) is 0 Å². The molecule has 0 aliphatic rings. The van der Waals surface area contributed by atoms with Crippen molar-refractivity contribution in [1.29, 1.82) is 0 Å². The molecule has 0 fully saturated rings. The van der Waals surface area contributed by atoms with Crippen molar-refractivity contribution >= 4 is 28.1 Å². The van der Waals surface area contributed by atoms with E-state index in [-0.39, 0.29) is 0 Å².